The highest BCUT2D eigenvalue weighted by Gasteiger charge is 2.13. The second-order valence-electron chi connectivity index (χ2n) is 8.02. The number of allylic oxidation sites excluding steroid dienone is 2. The maximum absolute atomic E-state index is 10.2. The molecule has 152 valence electrons. The predicted molar refractivity (Wildman–Crippen MR) is 122 cm³/mol. The molecule has 0 radical (unpaired) electrons. The van der Waals surface area contributed by atoms with Crippen LogP contribution in [0.2, 0.25) is 0 Å². The number of aliphatic hydroxyl groups excluding tert-OH is 1. The molecule has 0 aliphatic carbocycles. The van der Waals surface area contributed by atoms with Crippen molar-refractivity contribution in [2.24, 2.45) is 11.8 Å². The number of rotatable bonds is 9. The average molecular weight is 399 g/mol. The Morgan fingerprint density at radius 1 is 0.929 bits per heavy atom. The summed E-state index contributed by atoms with van der Waals surface area (Å²) in [6.45, 7) is 13.6. The fourth-order valence-corrected chi connectivity index (χ4v) is 3.94. The summed E-state index contributed by atoms with van der Waals surface area (Å²) in [5.41, 5.74) is 5.35. The fraction of sp³-hybridized carbons (Fsp3) is 0.440. The van der Waals surface area contributed by atoms with Crippen LogP contribution in [0.4, 0.5) is 0 Å². The first kappa shape index (κ1) is 22.6. The Morgan fingerprint density at radius 2 is 1.54 bits per heavy atom. The first-order chi connectivity index (χ1) is 13.3. The molecule has 0 spiro atoms. The number of ether oxygens (including phenoxy) is 1. The van der Waals surface area contributed by atoms with E-state index >= 15 is 0 Å². The zero-order valence-electron chi connectivity index (χ0n) is 18.0. The van der Waals surface area contributed by atoms with Gasteiger partial charge in [-0.25, -0.2) is 0 Å². The summed E-state index contributed by atoms with van der Waals surface area (Å²) in [6.07, 6.45) is -0.500. The zero-order chi connectivity index (χ0) is 20.7. The fourth-order valence-electron chi connectivity index (χ4n) is 3.13. The van der Waals surface area contributed by atoms with Crippen LogP contribution in [0, 0.1) is 18.8 Å². The van der Waals surface area contributed by atoms with Crippen molar-refractivity contribution < 1.29 is 9.84 Å². The van der Waals surface area contributed by atoms with Crippen LogP contribution >= 0.6 is 11.8 Å². The summed E-state index contributed by atoms with van der Waals surface area (Å²) in [4.78, 5) is 1.17. The van der Waals surface area contributed by atoms with E-state index in [1.54, 1.807) is 11.8 Å². The summed E-state index contributed by atoms with van der Waals surface area (Å²) in [7, 11) is 0. The molecule has 2 rings (SSSR count). The number of hydrogen-bond donors (Lipinski definition) is 1. The third-order valence-corrected chi connectivity index (χ3v) is 6.10. The van der Waals surface area contributed by atoms with Crippen molar-refractivity contribution in [1.82, 2.24) is 0 Å². The molecule has 0 aromatic heterocycles. The van der Waals surface area contributed by atoms with Crippen LogP contribution in [-0.4, -0.2) is 23.6 Å². The highest BCUT2D eigenvalue weighted by Crippen LogP contribution is 2.31. The van der Waals surface area contributed by atoms with Crippen molar-refractivity contribution in [1.29, 1.82) is 0 Å². The molecular formula is C25H34O2S. The number of hydrogen-bond acceptors (Lipinski definition) is 3. The first-order valence-corrected chi connectivity index (χ1v) is 11.1. The van der Waals surface area contributed by atoms with Crippen molar-refractivity contribution >= 4 is 17.3 Å². The van der Waals surface area contributed by atoms with E-state index in [2.05, 4.69) is 77.9 Å². The van der Waals surface area contributed by atoms with E-state index in [4.69, 9.17) is 4.74 Å². The summed E-state index contributed by atoms with van der Waals surface area (Å²) >= 11 is 1.65. The number of thioether (sulfide) groups is 1. The van der Waals surface area contributed by atoms with Crippen molar-refractivity contribution in [2.75, 3.05) is 12.4 Å². The van der Waals surface area contributed by atoms with E-state index in [1.165, 1.54) is 27.2 Å². The Balaban J connectivity index is 1.91. The van der Waals surface area contributed by atoms with Gasteiger partial charge < -0.3 is 9.84 Å². The second kappa shape index (κ2) is 10.7. The molecule has 28 heavy (non-hydrogen) atoms. The van der Waals surface area contributed by atoms with Crippen molar-refractivity contribution in [2.45, 2.75) is 52.5 Å². The van der Waals surface area contributed by atoms with Crippen LogP contribution in [0.1, 0.15) is 45.7 Å². The molecule has 0 saturated carbocycles. The van der Waals surface area contributed by atoms with Crippen LogP contribution < -0.4 is 4.74 Å². The van der Waals surface area contributed by atoms with Gasteiger partial charge in [-0.15, -0.1) is 11.8 Å². The van der Waals surface area contributed by atoms with Gasteiger partial charge in [-0.2, -0.15) is 0 Å². The van der Waals surface area contributed by atoms with Crippen LogP contribution in [0.25, 0.3) is 5.57 Å². The van der Waals surface area contributed by atoms with Gasteiger partial charge in [0.1, 0.15) is 12.4 Å². The minimum absolute atomic E-state index is 0.302. The second-order valence-corrected chi connectivity index (χ2v) is 9.11. The van der Waals surface area contributed by atoms with E-state index in [1.807, 2.05) is 12.1 Å². The molecule has 0 amide bonds. The first-order valence-electron chi connectivity index (χ1n) is 10.1. The molecule has 2 aromatic rings. The highest BCUT2D eigenvalue weighted by molar-refractivity contribution is 7.99. The van der Waals surface area contributed by atoms with Crippen LogP contribution in [0.15, 0.2) is 59.0 Å². The smallest absolute Gasteiger partial charge is 0.119 e. The van der Waals surface area contributed by atoms with E-state index in [9.17, 15) is 5.11 Å². The molecular weight excluding hydrogens is 364 g/mol. The third kappa shape index (κ3) is 6.72. The summed E-state index contributed by atoms with van der Waals surface area (Å²) in [6, 6.07) is 16.6. The lowest BCUT2D eigenvalue weighted by Gasteiger charge is -2.19. The standard InChI is InChI=1S/C25H34O2S/c1-17(2)20(6)25(18(3)4)21-9-11-23(12-10-21)27-15-22(26)16-28-24-13-7-19(5)8-14-24/h7-14,17-18,22,26H,15-16H2,1-6H3/b25-20-. The molecule has 0 aliphatic heterocycles. The highest BCUT2D eigenvalue weighted by atomic mass is 32.2. The summed E-state index contributed by atoms with van der Waals surface area (Å²) in [5, 5.41) is 10.2. The van der Waals surface area contributed by atoms with Gasteiger partial charge in [0, 0.05) is 10.6 Å². The van der Waals surface area contributed by atoms with Crippen LogP contribution in [-0.2, 0) is 0 Å². The molecule has 0 bridgehead atoms. The third-order valence-electron chi connectivity index (χ3n) is 4.94. The predicted octanol–water partition coefficient (Wildman–Crippen LogP) is 6.61. The quantitative estimate of drug-likeness (QED) is 0.482. The van der Waals surface area contributed by atoms with Gasteiger partial charge in [0.05, 0.1) is 6.10 Å². The van der Waals surface area contributed by atoms with Gasteiger partial charge in [0.25, 0.3) is 0 Å². The molecule has 0 aliphatic rings. The topological polar surface area (TPSA) is 29.5 Å². The molecule has 2 nitrogen and oxygen atoms in total. The summed E-state index contributed by atoms with van der Waals surface area (Å²) < 4.78 is 5.80. The molecule has 0 saturated heterocycles. The van der Waals surface area contributed by atoms with E-state index in [-0.39, 0.29) is 0 Å². The van der Waals surface area contributed by atoms with E-state index < -0.39 is 6.10 Å². The largest absolute Gasteiger partial charge is 0.491 e. The van der Waals surface area contributed by atoms with Crippen molar-refractivity contribution in [3.05, 3.63) is 65.2 Å². The summed E-state index contributed by atoms with van der Waals surface area (Å²) in [5.74, 6) is 2.44. The Hall–Kier alpha value is -1.71. The molecule has 1 N–H and O–H groups in total. The van der Waals surface area contributed by atoms with Crippen LogP contribution in [0.3, 0.4) is 0 Å². The maximum atomic E-state index is 10.2. The SMILES string of the molecule is C/C(=C(/c1ccc(OCC(O)CSc2ccc(C)cc2)cc1)C(C)C)C(C)C. The van der Waals surface area contributed by atoms with Crippen LogP contribution in [0.5, 0.6) is 5.75 Å². The lowest BCUT2D eigenvalue weighted by Crippen LogP contribution is -2.20. The molecule has 0 heterocycles. The molecule has 3 heteroatoms. The van der Waals surface area contributed by atoms with Crippen molar-refractivity contribution in [3.8, 4) is 5.75 Å². The monoisotopic (exact) mass is 398 g/mol. The number of aliphatic hydroxyl groups is 1. The lowest BCUT2D eigenvalue weighted by molar-refractivity contribution is 0.126. The number of benzene rings is 2. The molecule has 1 atom stereocenters. The zero-order valence-corrected chi connectivity index (χ0v) is 18.8. The normalized spacial score (nSPS) is 13.6. The molecule has 2 aromatic carbocycles. The number of aryl methyl sites for hydroxylation is 1. The van der Waals surface area contributed by atoms with Gasteiger partial charge in [-0.05, 0) is 61.1 Å². The van der Waals surface area contributed by atoms with Gasteiger partial charge in [-0.3, -0.25) is 0 Å². The average Bonchev–Trinajstić information content (AvgIpc) is 2.66. The Kier molecular flexibility index (Phi) is 8.65. The van der Waals surface area contributed by atoms with E-state index in [0.717, 1.165) is 5.75 Å². The lowest BCUT2D eigenvalue weighted by atomic mass is 9.87. The minimum atomic E-state index is -0.500. The Morgan fingerprint density at radius 3 is 2.07 bits per heavy atom. The van der Waals surface area contributed by atoms with Gasteiger partial charge in [-0.1, -0.05) is 63.1 Å². The van der Waals surface area contributed by atoms with Crippen molar-refractivity contribution in [3.63, 3.8) is 0 Å². The molecule has 0 fully saturated rings. The van der Waals surface area contributed by atoms with Gasteiger partial charge >= 0.3 is 0 Å². The molecule has 1 unspecified atom stereocenters. The van der Waals surface area contributed by atoms with Gasteiger partial charge in [0.15, 0.2) is 0 Å². The maximum Gasteiger partial charge on any atom is 0.119 e. The van der Waals surface area contributed by atoms with Gasteiger partial charge in [0.2, 0.25) is 0 Å². The Bertz CT molecular complexity index is 758. The van der Waals surface area contributed by atoms with E-state index in [0.29, 0.717) is 24.2 Å². The Labute approximate surface area is 175 Å². The minimum Gasteiger partial charge on any atom is -0.491 e.